The molecule has 6 heteroatoms. The van der Waals surface area contributed by atoms with Gasteiger partial charge in [0.15, 0.2) is 12.2 Å². The molecule has 0 radical (unpaired) electrons. The first-order chi connectivity index (χ1) is 14.8. The summed E-state index contributed by atoms with van der Waals surface area (Å²) in [7, 11) is 1.71. The Hall–Kier alpha value is -2.86. The number of rotatable bonds is 6. The van der Waals surface area contributed by atoms with Gasteiger partial charge in [-0.15, -0.1) is 0 Å². The van der Waals surface area contributed by atoms with Crippen LogP contribution < -0.4 is 9.04 Å². The molecule has 0 saturated carbocycles. The summed E-state index contributed by atoms with van der Waals surface area (Å²) in [4.78, 5) is 4.19. The number of methoxy groups -OCH3 is 1. The average Bonchev–Trinajstić information content (AvgIpc) is 3.54. The van der Waals surface area contributed by atoms with Crippen molar-refractivity contribution in [2.45, 2.75) is 26.3 Å². The standard InChI is InChI=1S/C24H25N3O2S/c1-3-11-26-21-14-19(28-2)9-10-20(21)23(22-15-25-16-29-22)24(26)17-5-7-18(8-6-17)27-12-4-13-30-27/h5-10,14-16H,3-4,11-13H2,1-2H3. The molecule has 2 aromatic carbocycles. The van der Waals surface area contributed by atoms with Gasteiger partial charge in [0.1, 0.15) is 5.75 Å². The van der Waals surface area contributed by atoms with E-state index in [9.17, 15) is 0 Å². The fourth-order valence-electron chi connectivity index (χ4n) is 4.24. The number of nitrogens with zero attached hydrogens (tertiary/aromatic N) is 3. The highest BCUT2D eigenvalue weighted by Gasteiger charge is 2.23. The van der Waals surface area contributed by atoms with Gasteiger partial charge in [0.2, 0.25) is 0 Å². The summed E-state index contributed by atoms with van der Waals surface area (Å²) in [5.74, 6) is 2.84. The topological polar surface area (TPSA) is 43.4 Å². The van der Waals surface area contributed by atoms with Gasteiger partial charge in [-0.05, 0) is 54.6 Å². The van der Waals surface area contributed by atoms with Crippen molar-refractivity contribution in [2.24, 2.45) is 0 Å². The zero-order valence-corrected chi connectivity index (χ0v) is 18.1. The van der Waals surface area contributed by atoms with Crippen molar-refractivity contribution in [3.63, 3.8) is 0 Å². The summed E-state index contributed by atoms with van der Waals surface area (Å²) < 4.78 is 16.1. The zero-order valence-electron chi connectivity index (χ0n) is 17.3. The van der Waals surface area contributed by atoms with Crippen LogP contribution in [0.2, 0.25) is 0 Å². The predicted molar refractivity (Wildman–Crippen MR) is 124 cm³/mol. The van der Waals surface area contributed by atoms with Gasteiger partial charge in [0.05, 0.1) is 30.1 Å². The number of ether oxygens (including phenoxy) is 1. The van der Waals surface area contributed by atoms with Crippen LogP contribution in [-0.2, 0) is 6.54 Å². The van der Waals surface area contributed by atoms with Crippen molar-refractivity contribution in [3.8, 4) is 28.3 Å². The zero-order chi connectivity index (χ0) is 20.5. The first kappa shape index (κ1) is 19.1. The second-order valence-corrected chi connectivity index (χ2v) is 8.57. The van der Waals surface area contributed by atoms with Crippen LogP contribution in [0.3, 0.4) is 0 Å². The molecule has 5 rings (SSSR count). The first-order valence-corrected chi connectivity index (χ1v) is 11.3. The lowest BCUT2D eigenvalue weighted by atomic mass is 10.0. The van der Waals surface area contributed by atoms with E-state index in [2.05, 4.69) is 57.2 Å². The van der Waals surface area contributed by atoms with Crippen LogP contribution in [0.5, 0.6) is 5.75 Å². The highest BCUT2D eigenvalue weighted by atomic mass is 32.2. The van der Waals surface area contributed by atoms with Crippen molar-refractivity contribution < 1.29 is 9.15 Å². The molecule has 0 N–H and O–H groups in total. The van der Waals surface area contributed by atoms with Crippen LogP contribution in [0.4, 0.5) is 5.69 Å². The summed E-state index contributed by atoms with van der Waals surface area (Å²) >= 11 is 1.91. The molecule has 0 aliphatic carbocycles. The van der Waals surface area contributed by atoms with Crippen LogP contribution in [0, 0.1) is 0 Å². The van der Waals surface area contributed by atoms with Gasteiger partial charge < -0.3 is 18.0 Å². The first-order valence-electron chi connectivity index (χ1n) is 10.4. The molecule has 0 unspecified atom stereocenters. The molecule has 5 nitrogen and oxygen atoms in total. The Bertz CT molecular complexity index is 1140. The maximum Gasteiger partial charge on any atom is 0.181 e. The Morgan fingerprint density at radius 1 is 1.17 bits per heavy atom. The van der Waals surface area contributed by atoms with Gasteiger partial charge in [0, 0.05) is 36.0 Å². The SMILES string of the molecule is CCCn1c(-c2ccc(N3CCCS3)cc2)c(-c2cnco2)c2ccc(OC)cc21. The minimum absolute atomic E-state index is 0.786. The Morgan fingerprint density at radius 2 is 2.03 bits per heavy atom. The monoisotopic (exact) mass is 419 g/mol. The van der Waals surface area contributed by atoms with E-state index in [1.54, 1.807) is 13.3 Å². The predicted octanol–water partition coefficient (Wildman–Crippen LogP) is 6.24. The molecule has 0 amide bonds. The third kappa shape index (κ3) is 3.25. The minimum atomic E-state index is 0.786. The molecule has 0 spiro atoms. The lowest BCUT2D eigenvalue weighted by Gasteiger charge is -2.17. The van der Waals surface area contributed by atoms with Crippen LogP contribution in [0.15, 0.2) is 59.5 Å². The summed E-state index contributed by atoms with van der Waals surface area (Å²) in [5, 5.41) is 1.15. The number of fused-ring (bicyclic) bond motifs is 1. The smallest absolute Gasteiger partial charge is 0.181 e. The second kappa shape index (κ2) is 8.11. The number of aromatic nitrogens is 2. The van der Waals surface area contributed by atoms with Crippen molar-refractivity contribution in [1.29, 1.82) is 0 Å². The fraction of sp³-hybridized carbons (Fsp3) is 0.292. The van der Waals surface area contributed by atoms with E-state index in [0.29, 0.717) is 0 Å². The molecule has 1 fully saturated rings. The molecule has 0 bridgehead atoms. The maximum atomic E-state index is 5.78. The van der Waals surface area contributed by atoms with Crippen LogP contribution in [0.1, 0.15) is 19.8 Å². The number of benzene rings is 2. The van der Waals surface area contributed by atoms with Gasteiger partial charge in [0.25, 0.3) is 0 Å². The van der Waals surface area contributed by atoms with Crippen molar-refractivity contribution >= 4 is 28.5 Å². The van der Waals surface area contributed by atoms with Crippen LogP contribution in [-0.4, -0.2) is 29.0 Å². The van der Waals surface area contributed by atoms with E-state index >= 15 is 0 Å². The molecule has 154 valence electrons. The maximum absolute atomic E-state index is 5.78. The lowest BCUT2D eigenvalue weighted by Crippen LogP contribution is -2.08. The van der Waals surface area contributed by atoms with E-state index in [-0.39, 0.29) is 0 Å². The quantitative estimate of drug-likeness (QED) is 0.346. The third-order valence-electron chi connectivity index (χ3n) is 5.58. The largest absolute Gasteiger partial charge is 0.497 e. The number of hydrogen-bond acceptors (Lipinski definition) is 5. The lowest BCUT2D eigenvalue weighted by molar-refractivity contribution is 0.415. The normalized spacial score (nSPS) is 14.0. The van der Waals surface area contributed by atoms with Crippen molar-refractivity contribution in [2.75, 3.05) is 23.7 Å². The van der Waals surface area contributed by atoms with Gasteiger partial charge >= 0.3 is 0 Å². The molecule has 1 saturated heterocycles. The van der Waals surface area contributed by atoms with E-state index < -0.39 is 0 Å². The molecule has 3 heterocycles. The van der Waals surface area contributed by atoms with E-state index in [0.717, 1.165) is 53.2 Å². The summed E-state index contributed by atoms with van der Waals surface area (Å²) in [6.45, 7) is 4.23. The summed E-state index contributed by atoms with van der Waals surface area (Å²) in [6.07, 6.45) is 5.58. The molecule has 30 heavy (non-hydrogen) atoms. The Balaban J connectivity index is 1.73. The highest BCUT2D eigenvalue weighted by molar-refractivity contribution is 8.00. The summed E-state index contributed by atoms with van der Waals surface area (Å²) in [6, 6.07) is 15.2. The molecule has 2 aromatic heterocycles. The molecular weight excluding hydrogens is 394 g/mol. The van der Waals surface area contributed by atoms with Gasteiger partial charge in [-0.25, -0.2) is 4.98 Å². The number of aryl methyl sites for hydroxylation is 1. The molecule has 1 aliphatic rings. The van der Waals surface area contributed by atoms with Gasteiger partial charge in [-0.2, -0.15) is 0 Å². The van der Waals surface area contributed by atoms with E-state index in [1.807, 2.05) is 18.0 Å². The van der Waals surface area contributed by atoms with E-state index in [4.69, 9.17) is 9.15 Å². The number of hydrogen-bond donors (Lipinski definition) is 0. The average molecular weight is 420 g/mol. The van der Waals surface area contributed by atoms with Crippen molar-refractivity contribution in [3.05, 3.63) is 55.1 Å². The number of anilines is 1. The van der Waals surface area contributed by atoms with Gasteiger partial charge in [-0.3, -0.25) is 0 Å². The summed E-state index contributed by atoms with van der Waals surface area (Å²) in [5.41, 5.74) is 5.84. The second-order valence-electron chi connectivity index (χ2n) is 7.46. The van der Waals surface area contributed by atoms with E-state index in [1.165, 1.54) is 29.8 Å². The Labute approximate surface area is 180 Å². The highest BCUT2D eigenvalue weighted by Crippen LogP contribution is 2.42. The van der Waals surface area contributed by atoms with Crippen LogP contribution in [0.25, 0.3) is 33.5 Å². The van der Waals surface area contributed by atoms with Crippen molar-refractivity contribution in [1.82, 2.24) is 9.55 Å². The van der Waals surface area contributed by atoms with Crippen LogP contribution >= 0.6 is 11.9 Å². The fourth-order valence-corrected chi connectivity index (χ4v) is 5.25. The minimum Gasteiger partial charge on any atom is -0.497 e. The molecular formula is C24H25N3O2S. The van der Waals surface area contributed by atoms with Gasteiger partial charge in [-0.1, -0.05) is 19.1 Å². The Morgan fingerprint density at radius 3 is 2.70 bits per heavy atom. The Kier molecular flexibility index (Phi) is 5.17. The number of oxazole rings is 1. The molecule has 4 aromatic rings. The third-order valence-corrected chi connectivity index (χ3v) is 6.76. The molecule has 0 atom stereocenters. The molecule has 1 aliphatic heterocycles.